The molecule has 0 aromatic carbocycles. The van der Waals surface area contributed by atoms with Gasteiger partial charge in [-0.2, -0.15) is 0 Å². The predicted octanol–water partition coefficient (Wildman–Crippen LogP) is -0.373. The van der Waals surface area contributed by atoms with Gasteiger partial charge in [0, 0.05) is 25.6 Å². The van der Waals surface area contributed by atoms with Crippen molar-refractivity contribution in [2.45, 2.75) is 32.7 Å². The number of nitrogens with one attached hydrogen (secondary N) is 3. The highest BCUT2D eigenvalue weighted by Crippen LogP contribution is 2.06. The standard InChI is InChI=1S/C11H21N3O2/c1-8(2)14-10(15)4-6-13-11(16)9-3-5-12-7-9/h8-9,12H,3-7H2,1-2H3,(H,13,16)(H,14,15). The number of rotatable bonds is 5. The first-order chi connectivity index (χ1) is 7.59. The van der Waals surface area contributed by atoms with E-state index in [4.69, 9.17) is 0 Å². The van der Waals surface area contributed by atoms with Crippen LogP contribution < -0.4 is 16.0 Å². The summed E-state index contributed by atoms with van der Waals surface area (Å²) >= 11 is 0. The van der Waals surface area contributed by atoms with E-state index in [2.05, 4.69) is 16.0 Å². The monoisotopic (exact) mass is 227 g/mol. The van der Waals surface area contributed by atoms with E-state index in [1.165, 1.54) is 0 Å². The molecule has 0 aromatic rings. The Kier molecular flexibility index (Phi) is 5.25. The van der Waals surface area contributed by atoms with Gasteiger partial charge in [0.25, 0.3) is 0 Å². The number of hydrogen-bond donors (Lipinski definition) is 3. The van der Waals surface area contributed by atoms with E-state index < -0.39 is 0 Å². The summed E-state index contributed by atoms with van der Waals surface area (Å²) in [5.74, 6) is 0.121. The first-order valence-corrected chi connectivity index (χ1v) is 5.87. The van der Waals surface area contributed by atoms with Gasteiger partial charge in [0.1, 0.15) is 0 Å². The van der Waals surface area contributed by atoms with Crippen LogP contribution in [0.3, 0.4) is 0 Å². The van der Waals surface area contributed by atoms with E-state index in [1.807, 2.05) is 13.8 Å². The van der Waals surface area contributed by atoms with Crippen molar-refractivity contribution >= 4 is 11.8 Å². The molecule has 1 fully saturated rings. The molecular weight excluding hydrogens is 206 g/mol. The Balaban J connectivity index is 2.10. The van der Waals surface area contributed by atoms with Crippen LogP contribution in [0.25, 0.3) is 0 Å². The van der Waals surface area contributed by atoms with E-state index in [-0.39, 0.29) is 23.8 Å². The average molecular weight is 227 g/mol. The van der Waals surface area contributed by atoms with E-state index in [9.17, 15) is 9.59 Å². The summed E-state index contributed by atoms with van der Waals surface area (Å²) in [7, 11) is 0. The quantitative estimate of drug-likeness (QED) is 0.600. The minimum absolute atomic E-state index is 0.0140. The van der Waals surface area contributed by atoms with Crippen LogP contribution in [0, 0.1) is 5.92 Å². The fourth-order valence-corrected chi connectivity index (χ4v) is 1.72. The maximum Gasteiger partial charge on any atom is 0.224 e. The normalized spacial score (nSPS) is 19.8. The van der Waals surface area contributed by atoms with E-state index in [0.717, 1.165) is 19.5 Å². The van der Waals surface area contributed by atoms with Crippen molar-refractivity contribution < 1.29 is 9.59 Å². The maximum absolute atomic E-state index is 11.6. The molecule has 0 radical (unpaired) electrons. The molecule has 5 nitrogen and oxygen atoms in total. The minimum atomic E-state index is -0.0140. The second-order valence-electron chi connectivity index (χ2n) is 4.45. The molecular formula is C11H21N3O2. The lowest BCUT2D eigenvalue weighted by molar-refractivity contribution is -0.124. The van der Waals surface area contributed by atoms with Gasteiger partial charge < -0.3 is 16.0 Å². The molecule has 0 saturated carbocycles. The highest BCUT2D eigenvalue weighted by atomic mass is 16.2. The molecule has 1 aliphatic heterocycles. The largest absolute Gasteiger partial charge is 0.355 e. The molecule has 16 heavy (non-hydrogen) atoms. The zero-order chi connectivity index (χ0) is 12.0. The van der Waals surface area contributed by atoms with Crippen LogP contribution >= 0.6 is 0 Å². The Hall–Kier alpha value is -1.10. The fraction of sp³-hybridized carbons (Fsp3) is 0.818. The van der Waals surface area contributed by atoms with Crippen molar-refractivity contribution in [1.29, 1.82) is 0 Å². The molecule has 1 rings (SSSR count). The predicted molar refractivity (Wildman–Crippen MR) is 61.9 cm³/mol. The fourth-order valence-electron chi connectivity index (χ4n) is 1.72. The van der Waals surface area contributed by atoms with Crippen LogP contribution in [-0.2, 0) is 9.59 Å². The molecule has 1 aliphatic rings. The summed E-state index contributed by atoms with van der Waals surface area (Å²) < 4.78 is 0. The van der Waals surface area contributed by atoms with Crippen molar-refractivity contribution in [3.8, 4) is 0 Å². The van der Waals surface area contributed by atoms with E-state index in [1.54, 1.807) is 0 Å². The highest BCUT2D eigenvalue weighted by Gasteiger charge is 2.21. The van der Waals surface area contributed by atoms with Gasteiger partial charge in [0.2, 0.25) is 11.8 Å². The van der Waals surface area contributed by atoms with Crippen molar-refractivity contribution in [2.75, 3.05) is 19.6 Å². The van der Waals surface area contributed by atoms with Gasteiger partial charge in [-0.3, -0.25) is 9.59 Å². The second-order valence-corrected chi connectivity index (χ2v) is 4.45. The Morgan fingerprint density at radius 3 is 2.75 bits per heavy atom. The van der Waals surface area contributed by atoms with Gasteiger partial charge in [0.15, 0.2) is 0 Å². The maximum atomic E-state index is 11.6. The van der Waals surface area contributed by atoms with Crippen molar-refractivity contribution in [3.63, 3.8) is 0 Å². The molecule has 0 spiro atoms. The molecule has 1 atom stereocenters. The summed E-state index contributed by atoms with van der Waals surface area (Å²) in [6.07, 6.45) is 1.24. The smallest absolute Gasteiger partial charge is 0.224 e. The molecule has 92 valence electrons. The van der Waals surface area contributed by atoms with E-state index >= 15 is 0 Å². The van der Waals surface area contributed by atoms with Crippen molar-refractivity contribution in [3.05, 3.63) is 0 Å². The van der Waals surface area contributed by atoms with Gasteiger partial charge in [0.05, 0.1) is 5.92 Å². The number of carbonyl (C=O) groups is 2. The first kappa shape index (κ1) is 13.0. The summed E-state index contributed by atoms with van der Waals surface area (Å²) in [4.78, 5) is 22.8. The second kappa shape index (κ2) is 6.48. The van der Waals surface area contributed by atoms with Crippen LogP contribution in [0.15, 0.2) is 0 Å². The number of hydrogen-bond acceptors (Lipinski definition) is 3. The Bertz CT molecular complexity index is 248. The van der Waals surface area contributed by atoms with Crippen molar-refractivity contribution in [2.24, 2.45) is 5.92 Å². The summed E-state index contributed by atoms with van der Waals surface area (Å²) in [5.41, 5.74) is 0. The Labute approximate surface area is 96.4 Å². The van der Waals surface area contributed by atoms with Crippen LogP contribution in [-0.4, -0.2) is 37.5 Å². The van der Waals surface area contributed by atoms with Crippen LogP contribution in [0.5, 0.6) is 0 Å². The van der Waals surface area contributed by atoms with Crippen LogP contribution in [0.1, 0.15) is 26.7 Å². The number of carbonyl (C=O) groups excluding carboxylic acids is 2. The molecule has 0 bridgehead atoms. The Morgan fingerprint density at radius 1 is 1.44 bits per heavy atom. The molecule has 1 saturated heterocycles. The molecule has 1 unspecified atom stereocenters. The molecule has 0 aliphatic carbocycles. The molecule has 5 heteroatoms. The van der Waals surface area contributed by atoms with Gasteiger partial charge in [-0.25, -0.2) is 0 Å². The SMILES string of the molecule is CC(C)NC(=O)CCNC(=O)C1CCNC1. The van der Waals surface area contributed by atoms with Gasteiger partial charge in [-0.05, 0) is 26.8 Å². The number of amides is 2. The van der Waals surface area contributed by atoms with E-state index in [0.29, 0.717) is 13.0 Å². The lowest BCUT2D eigenvalue weighted by atomic mass is 10.1. The van der Waals surface area contributed by atoms with Gasteiger partial charge in [-0.1, -0.05) is 0 Å². The minimum Gasteiger partial charge on any atom is -0.355 e. The van der Waals surface area contributed by atoms with Crippen molar-refractivity contribution in [1.82, 2.24) is 16.0 Å². The Morgan fingerprint density at radius 2 is 2.19 bits per heavy atom. The molecule has 0 aromatic heterocycles. The molecule has 1 heterocycles. The molecule has 2 amide bonds. The highest BCUT2D eigenvalue weighted by molar-refractivity contribution is 5.80. The lowest BCUT2D eigenvalue weighted by Crippen LogP contribution is -2.36. The van der Waals surface area contributed by atoms with Crippen LogP contribution in [0.4, 0.5) is 0 Å². The zero-order valence-corrected chi connectivity index (χ0v) is 10.0. The zero-order valence-electron chi connectivity index (χ0n) is 10.0. The third kappa shape index (κ3) is 4.61. The molecule has 3 N–H and O–H groups in total. The average Bonchev–Trinajstić information content (AvgIpc) is 2.68. The first-order valence-electron chi connectivity index (χ1n) is 5.87. The lowest BCUT2D eigenvalue weighted by Gasteiger charge is -2.11. The topological polar surface area (TPSA) is 70.2 Å². The third-order valence-electron chi connectivity index (χ3n) is 2.53. The van der Waals surface area contributed by atoms with Gasteiger partial charge in [-0.15, -0.1) is 0 Å². The summed E-state index contributed by atoms with van der Waals surface area (Å²) in [6, 6.07) is 0.155. The van der Waals surface area contributed by atoms with Gasteiger partial charge >= 0.3 is 0 Å². The summed E-state index contributed by atoms with van der Waals surface area (Å²) in [6.45, 7) is 5.92. The summed E-state index contributed by atoms with van der Waals surface area (Å²) in [5, 5.41) is 8.71. The van der Waals surface area contributed by atoms with Crippen LogP contribution in [0.2, 0.25) is 0 Å². The third-order valence-corrected chi connectivity index (χ3v) is 2.53.